The van der Waals surface area contributed by atoms with E-state index in [1.54, 1.807) is 0 Å². The van der Waals surface area contributed by atoms with Crippen molar-refractivity contribution in [2.75, 3.05) is 0 Å². The zero-order valence-electron chi connectivity index (χ0n) is 11.7. The van der Waals surface area contributed by atoms with E-state index in [4.69, 9.17) is 9.31 Å². The topological polar surface area (TPSA) is 38.7 Å². The molecule has 1 fully saturated rings. The third-order valence-electron chi connectivity index (χ3n) is 3.91. The number of benzene rings is 1. The molecule has 2 rings (SSSR count). The first-order chi connectivity index (χ1) is 8.57. The van der Waals surface area contributed by atoms with Crippen molar-refractivity contribution in [3.05, 3.63) is 23.3 Å². The summed E-state index contributed by atoms with van der Waals surface area (Å²) in [5.41, 5.74) is -1.06. The van der Waals surface area contributed by atoms with Gasteiger partial charge in [0.15, 0.2) is 17.4 Å². The molecule has 3 nitrogen and oxygen atoms in total. The summed E-state index contributed by atoms with van der Waals surface area (Å²) in [7, 11) is -0.987. The molecule has 1 saturated heterocycles. The number of halogens is 2. The molecule has 0 saturated carbocycles. The maximum Gasteiger partial charge on any atom is 0.497 e. The lowest BCUT2D eigenvalue weighted by Crippen LogP contribution is -2.41. The Labute approximate surface area is 111 Å². The van der Waals surface area contributed by atoms with Gasteiger partial charge in [0.2, 0.25) is 0 Å². The van der Waals surface area contributed by atoms with Crippen LogP contribution in [0.1, 0.15) is 33.3 Å². The number of hydrogen-bond acceptors (Lipinski definition) is 3. The smallest absolute Gasteiger partial charge is 0.497 e. The molecule has 19 heavy (non-hydrogen) atoms. The van der Waals surface area contributed by atoms with Gasteiger partial charge in [0.05, 0.1) is 11.2 Å². The van der Waals surface area contributed by atoms with E-state index in [-0.39, 0.29) is 11.0 Å². The van der Waals surface area contributed by atoms with E-state index in [0.717, 1.165) is 0 Å². The third kappa shape index (κ3) is 2.13. The van der Waals surface area contributed by atoms with Crippen molar-refractivity contribution in [1.82, 2.24) is 0 Å². The Kier molecular flexibility index (Phi) is 3.14. The van der Waals surface area contributed by atoms with Gasteiger partial charge in [-0.15, -0.1) is 0 Å². The van der Waals surface area contributed by atoms with E-state index in [9.17, 15) is 13.9 Å². The minimum atomic E-state index is -1.27. The second kappa shape index (κ2) is 4.18. The van der Waals surface area contributed by atoms with Crippen molar-refractivity contribution in [3.8, 4) is 5.75 Å². The van der Waals surface area contributed by atoms with E-state index < -0.39 is 35.7 Å². The first kappa shape index (κ1) is 14.3. The van der Waals surface area contributed by atoms with Crippen LogP contribution in [0.5, 0.6) is 5.75 Å². The van der Waals surface area contributed by atoms with Crippen LogP contribution < -0.4 is 5.46 Å². The van der Waals surface area contributed by atoms with Crippen LogP contribution in [0, 0.1) is 18.6 Å². The summed E-state index contributed by atoms with van der Waals surface area (Å²) in [4.78, 5) is 0. The molecule has 0 amide bonds. The molecule has 104 valence electrons. The fraction of sp³-hybridized carbons (Fsp3) is 0.538. The fourth-order valence-electron chi connectivity index (χ4n) is 1.91. The largest absolute Gasteiger partial charge is 0.505 e. The van der Waals surface area contributed by atoms with Gasteiger partial charge in [-0.3, -0.25) is 0 Å². The molecule has 1 aliphatic heterocycles. The number of rotatable bonds is 1. The molecule has 0 unspecified atom stereocenters. The van der Waals surface area contributed by atoms with Crippen molar-refractivity contribution in [3.63, 3.8) is 0 Å². The Bertz CT molecular complexity index is 513. The summed E-state index contributed by atoms with van der Waals surface area (Å²) in [6.07, 6.45) is 0. The van der Waals surface area contributed by atoms with Crippen molar-refractivity contribution in [2.24, 2.45) is 0 Å². The molecule has 6 heteroatoms. The van der Waals surface area contributed by atoms with Crippen LogP contribution in [0.4, 0.5) is 8.78 Å². The summed E-state index contributed by atoms with van der Waals surface area (Å²) >= 11 is 0. The third-order valence-corrected chi connectivity index (χ3v) is 3.91. The Balaban J connectivity index is 2.46. The second-order valence-electron chi connectivity index (χ2n) is 5.85. The molecule has 0 aromatic heterocycles. The van der Waals surface area contributed by atoms with E-state index in [2.05, 4.69) is 0 Å². The quantitative estimate of drug-likeness (QED) is 0.796. The Morgan fingerprint density at radius 3 is 2.00 bits per heavy atom. The number of aromatic hydroxyl groups is 1. The average molecular weight is 270 g/mol. The first-order valence-corrected chi connectivity index (χ1v) is 6.10. The van der Waals surface area contributed by atoms with Gasteiger partial charge in [0, 0.05) is 5.46 Å². The molecular weight excluding hydrogens is 253 g/mol. The summed E-state index contributed by atoms with van der Waals surface area (Å²) < 4.78 is 38.8. The zero-order chi connectivity index (χ0) is 14.6. The van der Waals surface area contributed by atoms with Gasteiger partial charge < -0.3 is 14.4 Å². The SMILES string of the molecule is Cc1cc(B2OC(C)(C)C(C)(C)O2)c(F)c(F)c1O. The number of aryl methyl sites for hydroxylation is 1. The van der Waals surface area contributed by atoms with Crippen molar-refractivity contribution in [2.45, 2.75) is 45.8 Å². The second-order valence-corrected chi connectivity index (χ2v) is 5.85. The molecule has 1 aromatic rings. The molecule has 0 radical (unpaired) electrons. The predicted molar refractivity (Wildman–Crippen MR) is 68.5 cm³/mol. The molecule has 0 bridgehead atoms. The molecule has 0 atom stereocenters. The van der Waals surface area contributed by atoms with E-state index >= 15 is 0 Å². The molecule has 0 aliphatic carbocycles. The predicted octanol–water partition coefficient (Wildman–Crippen LogP) is 2.28. The molecule has 1 N–H and O–H groups in total. The normalized spacial score (nSPS) is 20.9. The van der Waals surface area contributed by atoms with Crippen LogP contribution in [0.25, 0.3) is 0 Å². The highest BCUT2D eigenvalue weighted by molar-refractivity contribution is 6.62. The lowest BCUT2D eigenvalue weighted by molar-refractivity contribution is 0.00578. The number of hydrogen-bond donors (Lipinski definition) is 1. The van der Waals surface area contributed by atoms with Gasteiger partial charge in [-0.25, -0.2) is 4.39 Å². The molecule has 1 heterocycles. The van der Waals surface area contributed by atoms with Crippen LogP contribution in [0.3, 0.4) is 0 Å². The van der Waals surface area contributed by atoms with Gasteiger partial charge in [-0.2, -0.15) is 4.39 Å². The first-order valence-electron chi connectivity index (χ1n) is 6.10. The Morgan fingerprint density at radius 2 is 1.53 bits per heavy atom. The maximum absolute atomic E-state index is 13.9. The van der Waals surface area contributed by atoms with Gasteiger partial charge in [-0.1, -0.05) is 6.07 Å². The van der Waals surface area contributed by atoms with Crippen LogP contribution in [0.2, 0.25) is 0 Å². The minimum absolute atomic E-state index is 0.0357. The molecular formula is C13H17BF2O3. The molecule has 1 aromatic carbocycles. The summed E-state index contributed by atoms with van der Waals surface area (Å²) in [5, 5.41) is 9.36. The zero-order valence-corrected chi connectivity index (χ0v) is 11.7. The van der Waals surface area contributed by atoms with Crippen molar-refractivity contribution in [1.29, 1.82) is 0 Å². The van der Waals surface area contributed by atoms with E-state index in [0.29, 0.717) is 0 Å². The van der Waals surface area contributed by atoms with E-state index in [1.165, 1.54) is 13.0 Å². The van der Waals surface area contributed by atoms with Crippen molar-refractivity contribution >= 4 is 12.6 Å². The van der Waals surface area contributed by atoms with Crippen LogP contribution >= 0.6 is 0 Å². The summed E-state index contributed by atoms with van der Waals surface area (Å²) in [6, 6.07) is 1.34. The average Bonchev–Trinajstić information content (AvgIpc) is 2.50. The summed E-state index contributed by atoms with van der Waals surface area (Å²) in [5.74, 6) is -3.09. The van der Waals surface area contributed by atoms with Gasteiger partial charge in [0.1, 0.15) is 0 Å². The Hall–Kier alpha value is -1.14. The molecule has 0 spiro atoms. The van der Waals surface area contributed by atoms with Crippen LogP contribution in [-0.4, -0.2) is 23.4 Å². The maximum atomic E-state index is 13.9. The fourth-order valence-corrected chi connectivity index (χ4v) is 1.91. The van der Waals surface area contributed by atoms with Gasteiger partial charge in [-0.05, 0) is 40.2 Å². The highest BCUT2D eigenvalue weighted by Gasteiger charge is 2.52. The van der Waals surface area contributed by atoms with Crippen molar-refractivity contribution < 1.29 is 23.2 Å². The lowest BCUT2D eigenvalue weighted by atomic mass is 9.77. The lowest BCUT2D eigenvalue weighted by Gasteiger charge is -2.32. The number of phenols is 1. The van der Waals surface area contributed by atoms with Gasteiger partial charge >= 0.3 is 7.12 Å². The molecule has 1 aliphatic rings. The van der Waals surface area contributed by atoms with Crippen LogP contribution in [-0.2, 0) is 9.31 Å². The van der Waals surface area contributed by atoms with E-state index in [1.807, 2.05) is 27.7 Å². The minimum Gasteiger partial charge on any atom is -0.505 e. The van der Waals surface area contributed by atoms with Gasteiger partial charge in [0.25, 0.3) is 0 Å². The van der Waals surface area contributed by atoms with Crippen LogP contribution in [0.15, 0.2) is 6.07 Å². The highest BCUT2D eigenvalue weighted by atomic mass is 19.2. The number of phenolic OH excluding ortho intramolecular Hbond substituents is 1. The standard InChI is InChI=1S/C13H17BF2O3/c1-7-6-8(9(15)10(16)11(7)17)14-18-12(2,3)13(4,5)19-14/h6,17H,1-5H3. The highest BCUT2D eigenvalue weighted by Crippen LogP contribution is 2.37. The monoisotopic (exact) mass is 270 g/mol. The summed E-state index contributed by atoms with van der Waals surface area (Å²) in [6.45, 7) is 8.80. The Morgan fingerprint density at radius 1 is 1.05 bits per heavy atom.